The summed E-state index contributed by atoms with van der Waals surface area (Å²) in [6, 6.07) is 2.96. The molecular weight excluding hydrogens is 173 g/mol. The quantitative estimate of drug-likeness (QED) is 0.707. The predicted molar refractivity (Wildman–Crippen MR) is 45.3 cm³/mol. The van der Waals surface area contributed by atoms with Crippen LogP contribution < -0.4 is 15.2 Å². The number of fused-ring (bicyclic) bond motifs is 1. The van der Waals surface area contributed by atoms with Crippen LogP contribution in [0.25, 0.3) is 0 Å². The highest BCUT2D eigenvalue weighted by molar-refractivity contribution is 5.48. The van der Waals surface area contributed by atoms with Crippen LogP contribution in [-0.4, -0.2) is 13.2 Å². The Morgan fingerprint density at radius 3 is 2.62 bits per heavy atom. The van der Waals surface area contributed by atoms with E-state index in [-0.39, 0.29) is 5.75 Å². The smallest absolute Gasteiger partial charge is 0.197 e. The molecule has 0 spiro atoms. The average Bonchev–Trinajstić information content (AvgIpc) is 2.19. The van der Waals surface area contributed by atoms with E-state index >= 15 is 0 Å². The third-order valence-corrected chi connectivity index (χ3v) is 1.94. The Morgan fingerprint density at radius 2 is 1.92 bits per heavy atom. The second-order valence-corrected chi connectivity index (χ2v) is 2.77. The van der Waals surface area contributed by atoms with Crippen LogP contribution in [0.15, 0.2) is 12.1 Å². The largest absolute Gasteiger partial charge is 0.486 e. The van der Waals surface area contributed by atoms with Crippen LogP contribution in [0.1, 0.15) is 5.56 Å². The number of rotatable bonds is 1. The number of hydrogen-bond acceptors (Lipinski definition) is 3. The van der Waals surface area contributed by atoms with Gasteiger partial charge in [0.2, 0.25) is 0 Å². The van der Waals surface area contributed by atoms with Crippen LogP contribution >= 0.6 is 0 Å². The fourth-order valence-corrected chi connectivity index (χ4v) is 1.32. The highest BCUT2D eigenvalue weighted by Crippen LogP contribution is 2.35. The van der Waals surface area contributed by atoms with Gasteiger partial charge in [0.05, 0.1) is 0 Å². The summed E-state index contributed by atoms with van der Waals surface area (Å²) in [5.41, 5.74) is 6.24. The Morgan fingerprint density at radius 1 is 1.23 bits per heavy atom. The molecule has 0 aromatic heterocycles. The van der Waals surface area contributed by atoms with E-state index in [0.29, 0.717) is 25.5 Å². The molecule has 70 valence electrons. The molecule has 0 radical (unpaired) electrons. The second-order valence-electron chi connectivity index (χ2n) is 2.77. The topological polar surface area (TPSA) is 44.5 Å². The molecule has 1 heterocycles. The molecule has 1 aromatic rings. The number of benzene rings is 1. The summed E-state index contributed by atoms with van der Waals surface area (Å²) in [4.78, 5) is 0. The lowest BCUT2D eigenvalue weighted by Gasteiger charge is -2.20. The Hall–Kier alpha value is -1.29. The van der Waals surface area contributed by atoms with E-state index in [1.165, 1.54) is 6.07 Å². The van der Waals surface area contributed by atoms with Crippen molar-refractivity contribution < 1.29 is 13.9 Å². The lowest BCUT2D eigenvalue weighted by Crippen LogP contribution is -2.18. The van der Waals surface area contributed by atoms with Crippen molar-refractivity contribution in [2.75, 3.05) is 13.2 Å². The van der Waals surface area contributed by atoms with Crippen molar-refractivity contribution in [1.29, 1.82) is 0 Å². The van der Waals surface area contributed by atoms with Crippen molar-refractivity contribution in [1.82, 2.24) is 0 Å². The third kappa shape index (κ3) is 1.33. The molecule has 3 nitrogen and oxygen atoms in total. The lowest BCUT2D eigenvalue weighted by atomic mass is 10.1. The molecule has 4 heteroatoms. The minimum absolute atomic E-state index is 0.189. The van der Waals surface area contributed by atoms with Gasteiger partial charge in [-0.05, 0) is 6.07 Å². The third-order valence-electron chi connectivity index (χ3n) is 1.94. The first kappa shape index (κ1) is 8.31. The summed E-state index contributed by atoms with van der Waals surface area (Å²) in [5, 5.41) is 0. The van der Waals surface area contributed by atoms with Gasteiger partial charge in [0.25, 0.3) is 0 Å². The fraction of sp³-hybridized carbons (Fsp3) is 0.333. The van der Waals surface area contributed by atoms with Gasteiger partial charge in [0.15, 0.2) is 17.3 Å². The highest BCUT2D eigenvalue weighted by Gasteiger charge is 2.19. The Balaban J connectivity index is 2.52. The van der Waals surface area contributed by atoms with Gasteiger partial charge in [-0.2, -0.15) is 0 Å². The Labute approximate surface area is 75.3 Å². The molecule has 1 aliphatic heterocycles. The first-order valence-corrected chi connectivity index (χ1v) is 4.10. The minimum Gasteiger partial charge on any atom is -0.486 e. The summed E-state index contributed by atoms with van der Waals surface area (Å²) >= 11 is 0. The van der Waals surface area contributed by atoms with Crippen LogP contribution in [0, 0.1) is 5.82 Å². The molecule has 0 atom stereocenters. The van der Waals surface area contributed by atoms with Crippen LogP contribution in [0.4, 0.5) is 4.39 Å². The van der Waals surface area contributed by atoms with Crippen LogP contribution in [-0.2, 0) is 6.54 Å². The van der Waals surface area contributed by atoms with E-state index in [1.54, 1.807) is 6.07 Å². The van der Waals surface area contributed by atoms with Gasteiger partial charge in [0, 0.05) is 12.1 Å². The van der Waals surface area contributed by atoms with E-state index in [0.717, 1.165) is 5.56 Å². The van der Waals surface area contributed by atoms with Gasteiger partial charge in [-0.3, -0.25) is 0 Å². The Bertz CT molecular complexity index is 328. The van der Waals surface area contributed by atoms with Crippen LogP contribution in [0.3, 0.4) is 0 Å². The maximum absolute atomic E-state index is 13.1. The molecule has 0 amide bonds. The summed E-state index contributed by atoms with van der Waals surface area (Å²) in [7, 11) is 0. The fourth-order valence-electron chi connectivity index (χ4n) is 1.32. The van der Waals surface area contributed by atoms with Gasteiger partial charge in [-0.1, -0.05) is 6.07 Å². The summed E-state index contributed by atoms with van der Waals surface area (Å²) in [6.07, 6.45) is 0. The highest BCUT2D eigenvalue weighted by atomic mass is 19.1. The van der Waals surface area contributed by atoms with Gasteiger partial charge in [-0.15, -0.1) is 0 Å². The minimum atomic E-state index is -0.396. The molecule has 0 unspecified atom stereocenters. The van der Waals surface area contributed by atoms with Crippen molar-refractivity contribution in [2.24, 2.45) is 5.73 Å². The van der Waals surface area contributed by atoms with Gasteiger partial charge < -0.3 is 15.2 Å². The van der Waals surface area contributed by atoms with Crippen molar-refractivity contribution in [3.05, 3.63) is 23.5 Å². The van der Waals surface area contributed by atoms with Gasteiger partial charge in [0.1, 0.15) is 13.2 Å². The monoisotopic (exact) mass is 183 g/mol. The van der Waals surface area contributed by atoms with E-state index in [1.807, 2.05) is 0 Å². The molecule has 0 saturated heterocycles. The summed E-state index contributed by atoms with van der Waals surface area (Å²) in [5.74, 6) is 0.245. The van der Waals surface area contributed by atoms with Crippen molar-refractivity contribution in [3.63, 3.8) is 0 Å². The van der Waals surface area contributed by atoms with Crippen LogP contribution in [0.5, 0.6) is 11.5 Å². The summed E-state index contributed by atoms with van der Waals surface area (Å²) in [6.45, 7) is 1.16. The van der Waals surface area contributed by atoms with Gasteiger partial charge >= 0.3 is 0 Å². The molecule has 2 N–H and O–H groups in total. The molecular formula is C9H10FNO2. The van der Waals surface area contributed by atoms with E-state index < -0.39 is 5.82 Å². The van der Waals surface area contributed by atoms with Gasteiger partial charge in [-0.25, -0.2) is 4.39 Å². The second kappa shape index (κ2) is 3.22. The van der Waals surface area contributed by atoms with Crippen LogP contribution in [0.2, 0.25) is 0 Å². The van der Waals surface area contributed by atoms with E-state index in [4.69, 9.17) is 15.2 Å². The first-order chi connectivity index (χ1) is 6.33. The molecule has 1 aliphatic rings. The first-order valence-electron chi connectivity index (χ1n) is 4.10. The standard InChI is InChI=1S/C9H10FNO2/c10-7-2-1-6(5-11)8-9(7)13-4-3-12-8/h1-2H,3-5,11H2. The molecule has 1 aromatic carbocycles. The molecule has 0 aliphatic carbocycles. The molecule has 0 fully saturated rings. The zero-order valence-electron chi connectivity index (χ0n) is 7.05. The number of hydrogen-bond donors (Lipinski definition) is 1. The molecule has 0 saturated carbocycles. The lowest BCUT2D eigenvalue weighted by molar-refractivity contribution is 0.163. The number of halogens is 1. The number of nitrogens with two attached hydrogens (primary N) is 1. The predicted octanol–water partition coefficient (Wildman–Crippen LogP) is 1.06. The van der Waals surface area contributed by atoms with E-state index in [2.05, 4.69) is 0 Å². The van der Waals surface area contributed by atoms with Crippen molar-refractivity contribution in [3.8, 4) is 11.5 Å². The normalized spacial score (nSPS) is 14.3. The maximum atomic E-state index is 13.1. The average molecular weight is 183 g/mol. The Kier molecular flexibility index (Phi) is 2.06. The summed E-state index contributed by atoms with van der Waals surface area (Å²) < 4.78 is 23.6. The SMILES string of the molecule is NCc1ccc(F)c2c1OCCO2. The van der Waals surface area contributed by atoms with Crippen molar-refractivity contribution in [2.45, 2.75) is 6.54 Å². The maximum Gasteiger partial charge on any atom is 0.197 e. The molecule has 2 rings (SSSR count). The molecule has 0 bridgehead atoms. The number of ether oxygens (including phenoxy) is 2. The zero-order chi connectivity index (χ0) is 9.26. The zero-order valence-corrected chi connectivity index (χ0v) is 7.05. The van der Waals surface area contributed by atoms with Crippen molar-refractivity contribution >= 4 is 0 Å². The van der Waals surface area contributed by atoms with E-state index in [9.17, 15) is 4.39 Å². The molecule has 13 heavy (non-hydrogen) atoms.